The van der Waals surface area contributed by atoms with Crippen molar-refractivity contribution < 1.29 is 14.3 Å². The zero-order valence-corrected chi connectivity index (χ0v) is 54.4. The topological polar surface area (TPSA) is 53.1 Å². The second-order valence-corrected chi connectivity index (χ2v) is 26.0. The molecule has 6 aliphatic rings. The number of halogens is 3. The lowest BCUT2D eigenvalue weighted by molar-refractivity contribution is -0.131. The number of carbonyl (C=O) groups is 2. The van der Waals surface area contributed by atoms with Crippen LogP contribution < -0.4 is 31.5 Å². The number of rotatable bonds is 4. The third kappa shape index (κ3) is 11.1. The Morgan fingerprint density at radius 3 is 0.890 bits per heavy atom. The third-order valence-electron chi connectivity index (χ3n) is 18.1. The molecule has 0 radical (unpaired) electrons. The molecule has 6 aliphatic heterocycles. The maximum atomic E-state index is 10.4. The first-order valence-corrected chi connectivity index (χ1v) is 33.3. The summed E-state index contributed by atoms with van der Waals surface area (Å²) in [5, 5.41) is 0. The van der Waals surface area contributed by atoms with Crippen LogP contribution in [-0.4, -0.2) is 42.6 Å². The van der Waals surface area contributed by atoms with Crippen LogP contribution >= 0.6 is 48.0 Å². The SMILES string of the molecule is Brc1ccc2c(c1)-c1ccc(-c3ccccc3)cc1B1c3cc(-c4ccccc4)ccc3-c3cc(Br)ccc3N12.C1CCOC1.O=C1CCC(=O)N1Br.c1ccc(-c2ccc3c(c2)B2c4cc(-c5ccccc5)ccc4-c4ccccc4N2c2ccccc2-3)cc1. The monoisotopic (exact) mass is 1370 g/mol. The Labute approximate surface area is 557 Å². The van der Waals surface area contributed by atoms with E-state index in [9.17, 15) is 9.59 Å². The molecule has 12 aromatic carbocycles. The number of fused-ring (bicyclic) bond motifs is 22. The molecule has 0 bridgehead atoms. The standard InChI is InChI=1S/C36H22BBr2N.C36H24BN.C4H4BrNO2.C4H8O/c38-27-13-17-35-31(21-27)29-15-11-25(23-7-3-1-4-8-23)19-33(29)37-34-20-26(24-9-5-2-6-10-24)12-16-30(34)32-22-28(39)14-18-36(32)40(35)37;1-3-11-25(12-4-1)27-19-21-29-31-15-7-9-17-35(31)38-36-18-10-8-16-32(36)30-22-20-28(26-13-5-2-6-14-26)24-34(30)37(38)33(29)23-27;5-6-3(7)1-2-4(6)8;1-2-4-5-3-1/h1-22H;1-24H;1-2H2;1-4H2. The molecule has 0 N–H and O–H groups in total. The smallest absolute Gasteiger partial charge is 0.329 e. The van der Waals surface area contributed by atoms with Crippen molar-refractivity contribution in [1.29, 1.82) is 0 Å². The largest absolute Gasteiger partial charge is 0.381 e. The summed E-state index contributed by atoms with van der Waals surface area (Å²) in [4.78, 5) is 26.0. The van der Waals surface area contributed by atoms with E-state index in [1.807, 2.05) is 0 Å². The number of hydrogen-bond donors (Lipinski definition) is 0. The van der Waals surface area contributed by atoms with Gasteiger partial charge in [-0.25, -0.2) is 3.93 Å². The average Bonchev–Trinajstić information content (AvgIpc) is 0.903. The van der Waals surface area contributed by atoms with Gasteiger partial charge in [-0.15, -0.1) is 0 Å². The first-order chi connectivity index (χ1) is 44.7. The van der Waals surface area contributed by atoms with Gasteiger partial charge in [0.25, 0.3) is 0 Å². The number of amides is 2. The van der Waals surface area contributed by atoms with Gasteiger partial charge in [-0.2, -0.15) is 0 Å². The highest BCUT2D eigenvalue weighted by molar-refractivity contribution is 9.10. The van der Waals surface area contributed by atoms with Gasteiger partial charge in [-0.05, 0) is 150 Å². The van der Waals surface area contributed by atoms with Crippen molar-refractivity contribution in [3.05, 3.63) is 288 Å². The van der Waals surface area contributed by atoms with Crippen molar-refractivity contribution in [3.63, 3.8) is 0 Å². The Morgan fingerprint density at radius 1 is 0.297 bits per heavy atom. The maximum absolute atomic E-state index is 10.4. The maximum Gasteiger partial charge on any atom is 0.329 e. The molecule has 2 fully saturated rings. The Bertz CT molecular complexity index is 4460. The van der Waals surface area contributed by atoms with Gasteiger partial charge < -0.3 is 14.4 Å². The van der Waals surface area contributed by atoms with Crippen LogP contribution in [0.15, 0.2) is 288 Å². The average molecular weight is 1370 g/mol. The van der Waals surface area contributed by atoms with Crippen LogP contribution in [0.25, 0.3) is 89.0 Å². The van der Waals surface area contributed by atoms with Crippen LogP contribution in [0.1, 0.15) is 25.7 Å². The van der Waals surface area contributed by atoms with Gasteiger partial charge in [0.05, 0.1) is 16.1 Å². The second kappa shape index (κ2) is 25.3. The van der Waals surface area contributed by atoms with Gasteiger partial charge in [0.2, 0.25) is 11.8 Å². The van der Waals surface area contributed by atoms with E-state index in [1.165, 1.54) is 146 Å². The molecule has 438 valence electrons. The molecule has 18 rings (SSSR count). The van der Waals surface area contributed by atoms with Crippen molar-refractivity contribution in [2.24, 2.45) is 0 Å². The zero-order valence-electron chi connectivity index (χ0n) is 49.7. The van der Waals surface area contributed by atoms with E-state index in [0.29, 0.717) is 12.8 Å². The predicted octanol–water partition coefficient (Wildman–Crippen LogP) is 18.6. The van der Waals surface area contributed by atoms with Gasteiger partial charge in [-0.1, -0.05) is 262 Å². The Morgan fingerprint density at radius 2 is 0.593 bits per heavy atom. The Balaban J connectivity index is 0.000000126. The summed E-state index contributed by atoms with van der Waals surface area (Å²) in [5.41, 5.74) is 30.6. The first kappa shape index (κ1) is 58.3. The normalized spacial score (nSPS) is 13.9. The fourth-order valence-corrected chi connectivity index (χ4v) is 14.9. The van der Waals surface area contributed by atoms with Crippen LogP contribution in [0.2, 0.25) is 0 Å². The molecular weight excluding hydrogens is 1310 g/mol. The highest BCUT2D eigenvalue weighted by Gasteiger charge is 2.44. The summed E-state index contributed by atoms with van der Waals surface area (Å²) in [6.45, 7) is 2.12. The van der Waals surface area contributed by atoms with Crippen LogP contribution in [0.5, 0.6) is 0 Å². The van der Waals surface area contributed by atoms with E-state index < -0.39 is 0 Å². The zero-order chi connectivity index (χ0) is 61.5. The van der Waals surface area contributed by atoms with Crippen molar-refractivity contribution >= 4 is 118 Å². The fraction of sp³-hybridized carbons (Fsp3) is 0.0750. The van der Waals surface area contributed by atoms with E-state index in [1.54, 1.807) is 0 Å². The van der Waals surface area contributed by atoms with Gasteiger partial charge in [0, 0.05) is 80.0 Å². The molecule has 2 saturated heterocycles. The minimum atomic E-state index is -0.144. The number of para-hydroxylation sites is 2. The van der Waals surface area contributed by atoms with Crippen LogP contribution in [-0.2, 0) is 14.3 Å². The van der Waals surface area contributed by atoms with E-state index in [4.69, 9.17) is 4.74 Å². The number of carbonyl (C=O) groups excluding carboxylic acids is 2. The predicted molar refractivity (Wildman–Crippen MR) is 389 cm³/mol. The summed E-state index contributed by atoms with van der Waals surface area (Å²) in [7, 11) is 0. The molecule has 12 aromatic rings. The molecule has 0 aliphatic carbocycles. The highest BCUT2D eigenvalue weighted by atomic mass is 79.9. The molecule has 91 heavy (non-hydrogen) atoms. The summed E-state index contributed by atoms with van der Waals surface area (Å²) in [6.07, 6.45) is 3.26. The Hall–Kier alpha value is -9.09. The molecule has 2 amide bonds. The van der Waals surface area contributed by atoms with Crippen LogP contribution in [0, 0.1) is 0 Å². The fourth-order valence-electron chi connectivity index (χ4n) is 13.8. The number of anilines is 4. The van der Waals surface area contributed by atoms with Crippen molar-refractivity contribution in [1.82, 2.24) is 3.93 Å². The molecule has 0 unspecified atom stereocenters. The quantitative estimate of drug-likeness (QED) is 0.0998. The molecule has 0 aromatic heterocycles. The molecule has 0 spiro atoms. The summed E-state index contributed by atoms with van der Waals surface area (Å²) < 4.78 is 8.10. The molecule has 0 saturated carbocycles. The summed E-state index contributed by atoms with van der Waals surface area (Å²) in [5.74, 6) is -0.287. The highest BCUT2D eigenvalue weighted by Crippen LogP contribution is 2.49. The van der Waals surface area contributed by atoms with Gasteiger partial charge in [-0.3, -0.25) is 9.59 Å². The van der Waals surface area contributed by atoms with Gasteiger partial charge >= 0.3 is 13.7 Å². The lowest BCUT2D eigenvalue weighted by Crippen LogP contribution is -2.59. The summed E-state index contributed by atoms with van der Waals surface area (Å²) >= 11 is 10.3. The van der Waals surface area contributed by atoms with Crippen LogP contribution in [0.3, 0.4) is 0 Å². The van der Waals surface area contributed by atoms with E-state index >= 15 is 0 Å². The van der Waals surface area contributed by atoms with Crippen LogP contribution in [0.4, 0.5) is 22.7 Å². The van der Waals surface area contributed by atoms with Crippen molar-refractivity contribution in [2.75, 3.05) is 22.8 Å². The lowest BCUT2D eigenvalue weighted by atomic mass is 9.43. The minimum absolute atomic E-state index is 0.0414. The van der Waals surface area contributed by atoms with Gasteiger partial charge in [0.15, 0.2) is 0 Å². The molecule has 6 nitrogen and oxygen atoms in total. The van der Waals surface area contributed by atoms with Crippen molar-refractivity contribution in [3.8, 4) is 89.0 Å². The van der Waals surface area contributed by atoms with E-state index in [2.05, 4.69) is 337 Å². The summed E-state index contributed by atoms with van der Waals surface area (Å²) in [6, 6.07) is 102. The lowest BCUT2D eigenvalue weighted by Gasteiger charge is -2.43. The van der Waals surface area contributed by atoms with Gasteiger partial charge in [0.1, 0.15) is 0 Å². The second-order valence-electron chi connectivity index (χ2n) is 23.5. The number of hydrogen-bond acceptors (Lipinski definition) is 5. The number of benzene rings is 12. The third-order valence-corrected chi connectivity index (χ3v) is 19.8. The number of nitrogens with zero attached hydrogens (tertiary/aromatic N) is 3. The number of imide groups is 1. The first-order valence-electron chi connectivity index (χ1n) is 31.0. The molecule has 11 heteroatoms. The van der Waals surface area contributed by atoms with E-state index in [0.717, 1.165) is 26.1 Å². The Kier molecular flexibility index (Phi) is 16.2. The molecule has 0 atom stereocenters. The molecular formula is C80H58B2Br3N3O3. The molecule has 6 heterocycles. The minimum Gasteiger partial charge on any atom is -0.381 e. The number of ether oxygens (including phenoxy) is 1. The van der Waals surface area contributed by atoms with Crippen molar-refractivity contribution in [2.45, 2.75) is 25.7 Å². The van der Waals surface area contributed by atoms with E-state index in [-0.39, 0.29) is 25.5 Å².